The summed E-state index contributed by atoms with van der Waals surface area (Å²) in [5.74, 6) is -0.800. The van der Waals surface area contributed by atoms with Gasteiger partial charge in [-0.3, -0.25) is 4.99 Å². The van der Waals surface area contributed by atoms with Crippen molar-refractivity contribution in [3.05, 3.63) is 59.2 Å². The van der Waals surface area contributed by atoms with Gasteiger partial charge in [0.25, 0.3) is 0 Å². The maximum Gasteiger partial charge on any atom is 0.328 e. The molecule has 0 bridgehead atoms. The molecule has 1 atom stereocenters. The molecule has 0 unspecified atom stereocenters. The number of hydrogen-bond acceptors (Lipinski definition) is 4. The molecule has 5 nitrogen and oxygen atoms in total. The molecule has 0 aliphatic heterocycles. The first-order chi connectivity index (χ1) is 11.7. The Hall–Kier alpha value is -2.82. The number of para-hydroxylation sites is 1. The van der Waals surface area contributed by atoms with Crippen molar-refractivity contribution in [2.24, 2.45) is 4.99 Å². The monoisotopic (exact) mass is 341 g/mol. The summed E-state index contributed by atoms with van der Waals surface area (Å²) in [6, 6.07) is 10.7. The van der Waals surface area contributed by atoms with Crippen molar-refractivity contribution in [3.63, 3.8) is 0 Å². The molecule has 0 saturated carbocycles. The van der Waals surface area contributed by atoms with Crippen LogP contribution in [0.25, 0.3) is 0 Å². The number of carbonyl (C=O) groups is 1. The van der Waals surface area contributed by atoms with E-state index in [1.54, 1.807) is 18.2 Å². The van der Waals surface area contributed by atoms with Crippen molar-refractivity contribution in [1.29, 1.82) is 0 Å². The lowest BCUT2D eigenvalue weighted by Crippen LogP contribution is -2.21. The Labute approximate surface area is 147 Å². The van der Waals surface area contributed by atoms with E-state index in [4.69, 9.17) is 0 Å². The minimum absolute atomic E-state index is 0.118. The summed E-state index contributed by atoms with van der Waals surface area (Å²) in [6.07, 6.45) is 1.61. The van der Waals surface area contributed by atoms with Crippen LogP contribution in [0.3, 0.4) is 0 Å². The van der Waals surface area contributed by atoms with Crippen molar-refractivity contribution in [2.45, 2.75) is 38.6 Å². The number of phenols is 2. The van der Waals surface area contributed by atoms with Crippen molar-refractivity contribution >= 4 is 12.2 Å². The average molecular weight is 341 g/mol. The first kappa shape index (κ1) is 18.5. The first-order valence-electron chi connectivity index (χ1n) is 8.05. The second-order valence-electron chi connectivity index (χ2n) is 7.00. The summed E-state index contributed by atoms with van der Waals surface area (Å²) >= 11 is 0. The lowest BCUT2D eigenvalue weighted by Gasteiger charge is -2.21. The summed E-state index contributed by atoms with van der Waals surface area (Å²) < 4.78 is 0. The molecule has 0 spiro atoms. The van der Waals surface area contributed by atoms with E-state index in [1.165, 1.54) is 18.3 Å². The highest BCUT2D eigenvalue weighted by Crippen LogP contribution is 2.32. The molecule has 2 rings (SSSR count). The van der Waals surface area contributed by atoms with Crippen LogP contribution in [0.5, 0.6) is 11.5 Å². The van der Waals surface area contributed by atoms with Gasteiger partial charge in [0.05, 0.1) is 0 Å². The summed E-state index contributed by atoms with van der Waals surface area (Å²) in [4.78, 5) is 15.6. The summed E-state index contributed by atoms with van der Waals surface area (Å²) in [7, 11) is 0. The predicted molar refractivity (Wildman–Crippen MR) is 97.6 cm³/mol. The number of aromatic hydroxyl groups is 2. The van der Waals surface area contributed by atoms with Crippen LogP contribution < -0.4 is 0 Å². The van der Waals surface area contributed by atoms with E-state index in [-0.39, 0.29) is 23.3 Å². The topological polar surface area (TPSA) is 90.1 Å². The van der Waals surface area contributed by atoms with E-state index in [1.807, 2.05) is 32.9 Å². The largest absolute Gasteiger partial charge is 0.508 e. The molecule has 0 aromatic heterocycles. The van der Waals surface area contributed by atoms with E-state index >= 15 is 0 Å². The van der Waals surface area contributed by atoms with Gasteiger partial charge in [0.1, 0.15) is 11.5 Å². The maximum atomic E-state index is 11.5. The maximum absolute atomic E-state index is 11.5. The van der Waals surface area contributed by atoms with E-state index in [2.05, 4.69) is 4.99 Å². The van der Waals surface area contributed by atoms with Gasteiger partial charge in [0, 0.05) is 18.2 Å². The molecule has 0 saturated heterocycles. The fourth-order valence-electron chi connectivity index (χ4n) is 2.50. The summed E-state index contributed by atoms with van der Waals surface area (Å²) in [5, 5.41) is 29.1. The van der Waals surface area contributed by atoms with Crippen LogP contribution in [-0.4, -0.2) is 33.5 Å². The normalized spacial score (nSPS) is 13.1. The van der Waals surface area contributed by atoms with Crippen molar-refractivity contribution < 1.29 is 20.1 Å². The molecular weight excluding hydrogens is 318 g/mol. The second kappa shape index (κ2) is 7.38. The third-order valence-electron chi connectivity index (χ3n) is 3.92. The highest BCUT2D eigenvalue weighted by atomic mass is 16.4. The lowest BCUT2D eigenvalue weighted by atomic mass is 9.85. The minimum atomic E-state index is -1.05. The van der Waals surface area contributed by atoms with Crippen molar-refractivity contribution in [2.75, 3.05) is 0 Å². The van der Waals surface area contributed by atoms with Gasteiger partial charge >= 0.3 is 5.97 Å². The van der Waals surface area contributed by atoms with Crippen molar-refractivity contribution in [1.82, 2.24) is 0 Å². The number of hydrogen-bond donors (Lipinski definition) is 3. The zero-order chi connectivity index (χ0) is 18.6. The minimum Gasteiger partial charge on any atom is -0.508 e. The molecular formula is C20H23NO4. The zero-order valence-electron chi connectivity index (χ0n) is 14.6. The molecule has 0 aliphatic carbocycles. The van der Waals surface area contributed by atoms with E-state index in [0.29, 0.717) is 5.56 Å². The molecule has 2 aromatic carbocycles. The van der Waals surface area contributed by atoms with Crippen LogP contribution in [0.2, 0.25) is 0 Å². The number of carboxylic acid groups (broad SMARTS) is 1. The fourth-order valence-corrected chi connectivity index (χ4v) is 2.50. The smallest absolute Gasteiger partial charge is 0.328 e. The number of aliphatic imine (C=N–C) groups is 1. The molecule has 0 heterocycles. The molecule has 2 aromatic rings. The van der Waals surface area contributed by atoms with E-state index in [9.17, 15) is 20.1 Å². The number of phenolic OH excluding ortho intramolecular Hbond substituents is 2. The summed E-state index contributed by atoms with van der Waals surface area (Å²) in [6.45, 7) is 5.98. The van der Waals surface area contributed by atoms with Gasteiger partial charge < -0.3 is 15.3 Å². The van der Waals surface area contributed by atoms with Crippen LogP contribution in [0, 0.1) is 0 Å². The fraction of sp³-hybridized carbons (Fsp3) is 0.300. The Morgan fingerprint density at radius 2 is 1.76 bits per heavy atom. The standard InChI is InChI=1S/C20H23NO4/c1-20(2,3)16-6-4-5-14(18(16)23)12-21-17(19(24)25)11-13-7-9-15(22)10-8-13/h4-10,12,17,22-23H,11H2,1-3H3,(H,24,25)/t17-/m0/s1. The first-order valence-corrected chi connectivity index (χ1v) is 8.05. The Bertz CT molecular complexity index is 773. The zero-order valence-corrected chi connectivity index (χ0v) is 14.6. The highest BCUT2D eigenvalue weighted by molar-refractivity contribution is 5.86. The summed E-state index contributed by atoms with van der Waals surface area (Å²) in [5.41, 5.74) is 1.80. The van der Waals surface area contributed by atoms with Gasteiger partial charge in [0.15, 0.2) is 6.04 Å². The highest BCUT2D eigenvalue weighted by Gasteiger charge is 2.20. The Morgan fingerprint density at radius 1 is 1.12 bits per heavy atom. The quantitative estimate of drug-likeness (QED) is 0.726. The van der Waals surface area contributed by atoms with Gasteiger partial charge in [-0.05, 0) is 34.7 Å². The molecule has 132 valence electrons. The number of aliphatic carboxylic acids is 1. The van der Waals surface area contributed by atoms with Crippen molar-refractivity contribution in [3.8, 4) is 11.5 Å². The third-order valence-corrected chi connectivity index (χ3v) is 3.92. The molecule has 0 aliphatic rings. The number of benzene rings is 2. The Morgan fingerprint density at radius 3 is 2.32 bits per heavy atom. The lowest BCUT2D eigenvalue weighted by molar-refractivity contribution is -0.138. The molecule has 0 amide bonds. The molecule has 5 heteroatoms. The van der Waals surface area contributed by atoms with Gasteiger partial charge in [-0.15, -0.1) is 0 Å². The Balaban J connectivity index is 2.25. The van der Waals surface area contributed by atoms with Crippen LogP contribution in [-0.2, 0) is 16.6 Å². The van der Waals surface area contributed by atoms with E-state index < -0.39 is 12.0 Å². The third kappa shape index (κ3) is 4.83. The molecule has 3 N–H and O–H groups in total. The molecule has 25 heavy (non-hydrogen) atoms. The Kier molecular flexibility index (Phi) is 5.47. The van der Waals surface area contributed by atoms with Gasteiger partial charge in [-0.2, -0.15) is 0 Å². The van der Waals surface area contributed by atoms with Crippen LogP contribution in [0.1, 0.15) is 37.5 Å². The van der Waals surface area contributed by atoms with Gasteiger partial charge in [0.2, 0.25) is 0 Å². The number of carboxylic acids is 1. The number of nitrogens with zero attached hydrogens (tertiary/aromatic N) is 1. The van der Waals surface area contributed by atoms with E-state index in [0.717, 1.165) is 11.1 Å². The molecule has 0 radical (unpaired) electrons. The van der Waals surface area contributed by atoms with Gasteiger partial charge in [-0.25, -0.2) is 4.79 Å². The van der Waals surface area contributed by atoms with Crippen LogP contribution in [0.15, 0.2) is 47.5 Å². The predicted octanol–water partition coefficient (Wildman–Crippen LogP) is 3.51. The SMILES string of the molecule is CC(C)(C)c1cccc(C=N[C@@H](Cc2ccc(O)cc2)C(=O)O)c1O. The molecule has 0 fully saturated rings. The van der Waals surface area contributed by atoms with Crippen LogP contribution >= 0.6 is 0 Å². The average Bonchev–Trinajstić information content (AvgIpc) is 2.53. The second-order valence-corrected chi connectivity index (χ2v) is 7.00. The van der Waals surface area contributed by atoms with Crippen LogP contribution in [0.4, 0.5) is 0 Å². The van der Waals surface area contributed by atoms with Gasteiger partial charge in [-0.1, -0.05) is 45.0 Å². The number of rotatable bonds is 5.